The molecule has 0 amide bonds. The Balaban J connectivity index is 2.52. The number of hydrogen-bond acceptors (Lipinski definition) is 2. The van der Waals surface area contributed by atoms with Gasteiger partial charge in [-0.05, 0) is 52.3 Å². The lowest BCUT2D eigenvalue weighted by Crippen LogP contribution is -2.05. The molecular weight excluding hydrogens is 395 g/mol. The Bertz CT molecular complexity index is 641. The van der Waals surface area contributed by atoms with Gasteiger partial charge in [0.15, 0.2) is 5.78 Å². The van der Waals surface area contributed by atoms with Crippen molar-refractivity contribution >= 4 is 49.2 Å². The van der Waals surface area contributed by atoms with E-state index in [0.717, 1.165) is 4.47 Å². The second-order valence-electron chi connectivity index (χ2n) is 3.80. The zero-order valence-corrected chi connectivity index (χ0v) is 13.8. The number of hydrogen-bond donors (Lipinski definition) is 0. The van der Waals surface area contributed by atoms with Crippen LogP contribution in [-0.2, 0) is 0 Å². The minimum Gasteiger partial charge on any atom is -0.496 e. The predicted octanol–water partition coefficient (Wildman–Crippen LogP) is 5.10. The zero-order chi connectivity index (χ0) is 14.0. The van der Waals surface area contributed by atoms with Crippen LogP contribution >= 0.6 is 43.5 Å². The minimum atomic E-state index is -0.123. The predicted molar refractivity (Wildman–Crippen MR) is 83.3 cm³/mol. The second-order valence-corrected chi connectivity index (χ2v) is 6.00. The third-order valence-electron chi connectivity index (χ3n) is 2.58. The maximum absolute atomic E-state index is 12.5. The zero-order valence-electron chi connectivity index (χ0n) is 9.91. The van der Waals surface area contributed by atoms with Gasteiger partial charge in [-0.1, -0.05) is 27.5 Å². The molecule has 2 aromatic carbocycles. The first-order valence-corrected chi connectivity index (χ1v) is 7.32. The average Bonchev–Trinajstić information content (AvgIpc) is 2.38. The molecule has 0 aliphatic rings. The molecule has 0 aliphatic heterocycles. The Kier molecular flexibility index (Phi) is 4.66. The molecular formula is C14H9Br2ClO2. The molecule has 0 heterocycles. The summed E-state index contributed by atoms with van der Waals surface area (Å²) in [6.45, 7) is 0. The summed E-state index contributed by atoms with van der Waals surface area (Å²) in [7, 11) is 1.54. The highest BCUT2D eigenvalue weighted by molar-refractivity contribution is 9.10. The number of methoxy groups -OCH3 is 1. The highest BCUT2D eigenvalue weighted by atomic mass is 79.9. The number of halogens is 3. The molecule has 2 nitrogen and oxygen atoms in total. The highest BCUT2D eigenvalue weighted by Gasteiger charge is 2.17. The summed E-state index contributed by atoms with van der Waals surface area (Å²) in [5.74, 6) is 0.414. The molecule has 0 fully saturated rings. The van der Waals surface area contributed by atoms with Gasteiger partial charge in [0.2, 0.25) is 0 Å². The molecule has 5 heteroatoms. The monoisotopic (exact) mass is 402 g/mol. The van der Waals surface area contributed by atoms with E-state index in [4.69, 9.17) is 16.3 Å². The molecule has 2 aromatic rings. The average molecular weight is 404 g/mol. The normalized spacial score (nSPS) is 10.3. The third-order valence-corrected chi connectivity index (χ3v) is 3.97. The van der Waals surface area contributed by atoms with Crippen molar-refractivity contribution in [2.75, 3.05) is 7.11 Å². The Morgan fingerprint density at radius 1 is 1.11 bits per heavy atom. The van der Waals surface area contributed by atoms with Crippen LogP contribution in [0, 0.1) is 0 Å². The molecule has 0 saturated heterocycles. The van der Waals surface area contributed by atoms with E-state index in [9.17, 15) is 4.79 Å². The van der Waals surface area contributed by atoms with E-state index < -0.39 is 0 Å². The van der Waals surface area contributed by atoms with Crippen LogP contribution in [0.15, 0.2) is 45.3 Å². The molecule has 0 unspecified atom stereocenters. The standard InChI is InChI=1S/C14H9Br2ClO2/c1-19-13-5-2-8(15)6-11(13)14(18)10-4-3-9(17)7-12(10)16/h2-7H,1H3. The van der Waals surface area contributed by atoms with E-state index >= 15 is 0 Å². The largest absolute Gasteiger partial charge is 0.496 e. The third kappa shape index (κ3) is 3.19. The van der Waals surface area contributed by atoms with Crippen molar-refractivity contribution < 1.29 is 9.53 Å². The van der Waals surface area contributed by atoms with Crippen molar-refractivity contribution in [1.29, 1.82) is 0 Å². The minimum absolute atomic E-state index is 0.123. The van der Waals surface area contributed by atoms with Crippen molar-refractivity contribution in [2.45, 2.75) is 0 Å². The van der Waals surface area contributed by atoms with E-state index in [1.54, 1.807) is 30.3 Å². The smallest absolute Gasteiger partial charge is 0.197 e. The van der Waals surface area contributed by atoms with Gasteiger partial charge in [-0.15, -0.1) is 0 Å². The molecule has 0 aliphatic carbocycles. The number of carbonyl (C=O) groups excluding carboxylic acids is 1. The van der Waals surface area contributed by atoms with E-state index in [0.29, 0.717) is 26.4 Å². The maximum Gasteiger partial charge on any atom is 0.197 e. The Morgan fingerprint density at radius 3 is 2.47 bits per heavy atom. The van der Waals surface area contributed by atoms with Crippen LogP contribution in [0.25, 0.3) is 0 Å². The molecule has 0 N–H and O–H groups in total. The molecule has 2 rings (SSSR count). The maximum atomic E-state index is 12.5. The molecule has 0 aromatic heterocycles. The van der Waals surface area contributed by atoms with E-state index in [2.05, 4.69) is 31.9 Å². The number of benzene rings is 2. The first-order chi connectivity index (χ1) is 9.02. The van der Waals surface area contributed by atoms with Gasteiger partial charge < -0.3 is 4.74 Å². The summed E-state index contributed by atoms with van der Waals surface area (Å²) in [6.07, 6.45) is 0. The Morgan fingerprint density at radius 2 is 1.84 bits per heavy atom. The summed E-state index contributed by atoms with van der Waals surface area (Å²) < 4.78 is 6.70. The van der Waals surface area contributed by atoms with Crippen LogP contribution in [0.2, 0.25) is 5.02 Å². The van der Waals surface area contributed by atoms with Crippen LogP contribution in [0.3, 0.4) is 0 Å². The van der Waals surface area contributed by atoms with Crippen molar-refractivity contribution in [3.63, 3.8) is 0 Å². The number of ether oxygens (including phenoxy) is 1. The lowest BCUT2D eigenvalue weighted by atomic mass is 10.0. The Hall–Kier alpha value is -0.840. The summed E-state index contributed by atoms with van der Waals surface area (Å²) in [5, 5.41) is 0.574. The topological polar surface area (TPSA) is 26.3 Å². The lowest BCUT2D eigenvalue weighted by Gasteiger charge is -2.09. The van der Waals surface area contributed by atoms with Gasteiger partial charge in [-0.25, -0.2) is 0 Å². The van der Waals surface area contributed by atoms with Crippen LogP contribution in [0.4, 0.5) is 0 Å². The van der Waals surface area contributed by atoms with Gasteiger partial charge in [0.1, 0.15) is 5.75 Å². The van der Waals surface area contributed by atoms with Crippen LogP contribution in [-0.4, -0.2) is 12.9 Å². The van der Waals surface area contributed by atoms with E-state index in [1.807, 2.05) is 6.07 Å². The van der Waals surface area contributed by atoms with Crippen molar-refractivity contribution in [2.24, 2.45) is 0 Å². The fraction of sp³-hybridized carbons (Fsp3) is 0.0714. The highest BCUT2D eigenvalue weighted by Crippen LogP contribution is 2.29. The van der Waals surface area contributed by atoms with Gasteiger partial charge in [-0.2, -0.15) is 0 Å². The molecule has 0 saturated carbocycles. The molecule has 0 radical (unpaired) electrons. The fourth-order valence-corrected chi connectivity index (χ4v) is 2.90. The molecule has 19 heavy (non-hydrogen) atoms. The van der Waals surface area contributed by atoms with Gasteiger partial charge in [-0.3, -0.25) is 4.79 Å². The van der Waals surface area contributed by atoms with Gasteiger partial charge in [0.05, 0.1) is 12.7 Å². The van der Waals surface area contributed by atoms with E-state index in [-0.39, 0.29) is 5.78 Å². The van der Waals surface area contributed by atoms with Crippen molar-refractivity contribution in [1.82, 2.24) is 0 Å². The summed E-state index contributed by atoms with van der Waals surface area (Å²) in [6, 6.07) is 10.4. The molecule has 0 atom stereocenters. The van der Waals surface area contributed by atoms with Gasteiger partial charge in [0.25, 0.3) is 0 Å². The molecule has 0 bridgehead atoms. The van der Waals surface area contributed by atoms with E-state index in [1.165, 1.54) is 7.11 Å². The number of ketones is 1. The molecule has 98 valence electrons. The van der Waals surface area contributed by atoms with Crippen molar-refractivity contribution in [3.8, 4) is 5.75 Å². The van der Waals surface area contributed by atoms with Crippen LogP contribution < -0.4 is 4.74 Å². The fourth-order valence-electron chi connectivity index (χ4n) is 1.68. The lowest BCUT2D eigenvalue weighted by molar-refractivity contribution is 0.103. The quantitative estimate of drug-likeness (QED) is 0.665. The number of rotatable bonds is 3. The van der Waals surface area contributed by atoms with Crippen LogP contribution in [0.1, 0.15) is 15.9 Å². The van der Waals surface area contributed by atoms with Gasteiger partial charge in [0, 0.05) is 19.5 Å². The first kappa shape index (κ1) is 14.6. The summed E-state index contributed by atoms with van der Waals surface area (Å²) in [5.41, 5.74) is 1.04. The summed E-state index contributed by atoms with van der Waals surface area (Å²) >= 11 is 12.6. The van der Waals surface area contributed by atoms with Crippen LogP contribution in [0.5, 0.6) is 5.75 Å². The first-order valence-electron chi connectivity index (χ1n) is 5.36. The SMILES string of the molecule is COc1ccc(Br)cc1C(=O)c1ccc(Cl)cc1Br. The van der Waals surface area contributed by atoms with Gasteiger partial charge >= 0.3 is 0 Å². The summed E-state index contributed by atoms with van der Waals surface area (Å²) in [4.78, 5) is 12.5. The second kappa shape index (κ2) is 6.07. The number of carbonyl (C=O) groups is 1. The Labute approximate surface area is 133 Å². The van der Waals surface area contributed by atoms with Crippen molar-refractivity contribution in [3.05, 3.63) is 61.5 Å². The molecule has 0 spiro atoms.